The molecule has 4 nitrogen and oxygen atoms in total. The largest absolute Gasteiger partial charge is 0.468 e. The molecule has 21 heavy (non-hydrogen) atoms. The average molecular weight is 290 g/mol. The first-order valence-corrected chi connectivity index (χ1v) is 6.77. The van der Waals surface area contributed by atoms with E-state index in [1.807, 2.05) is 31.0 Å². The Bertz CT molecular complexity index is 611. The number of anilines is 1. The van der Waals surface area contributed by atoms with E-state index >= 15 is 0 Å². The quantitative estimate of drug-likeness (QED) is 0.918. The molecule has 2 aromatic rings. The fourth-order valence-electron chi connectivity index (χ4n) is 1.98. The van der Waals surface area contributed by atoms with Gasteiger partial charge in [0.15, 0.2) is 0 Å². The molecule has 0 aliphatic carbocycles. The number of carbonyl (C=O) groups is 1. The van der Waals surface area contributed by atoms with E-state index in [2.05, 4.69) is 5.32 Å². The summed E-state index contributed by atoms with van der Waals surface area (Å²) in [5.41, 5.74) is 1.01. The van der Waals surface area contributed by atoms with E-state index in [4.69, 9.17) is 4.42 Å². The number of carbonyl (C=O) groups excluding carboxylic acids is 1. The lowest BCUT2D eigenvalue weighted by molar-refractivity contribution is -0.117. The minimum absolute atomic E-state index is 0.0134. The van der Waals surface area contributed by atoms with Crippen molar-refractivity contribution in [3.05, 3.63) is 53.7 Å². The Hall–Kier alpha value is -2.14. The molecule has 1 heterocycles. The number of hydrogen-bond donors (Lipinski definition) is 1. The molecule has 0 saturated carbocycles. The molecule has 0 fully saturated rings. The van der Waals surface area contributed by atoms with Crippen molar-refractivity contribution in [1.82, 2.24) is 4.90 Å². The first kappa shape index (κ1) is 15.3. The molecular weight excluding hydrogens is 271 g/mol. The van der Waals surface area contributed by atoms with Crippen molar-refractivity contribution in [2.24, 2.45) is 0 Å². The summed E-state index contributed by atoms with van der Waals surface area (Å²) in [7, 11) is 1.84. The van der Waals surface area contributed by atoms with Gasteiger partial charge in [0.1, 0.15) is 11.6 Å². The van der Waals surface area contributed by atoms with Gasteiger partial charge in [-0.25, -0.2) is 4.39 Å². The van der Waals surface area contributed by atoms with Crippen LogP contribution in [-0.2, 0) is 4.79 Å². The van der Waals surface area contributed by atoms with Crippen LogP contribution in [0.15, 0.2) is 41.0 Å². The number of halogens is 1. The highest BCUT2D eigenvalue weighted by molar-refractivity contribution is 5.92. The summed E-state index contributed by atoms with van der Waals surface area (Å²) in [4.78, 5) is 13.8. The number of rotatable bonds is 5. The van der Waals surface area contributed by atoms with E-state index < -0.39 is 0 Å². The van der Waals surface area contributed by atoms with Crippen molar-refractivity contribution in [2.75, 3.05) is 18.9 Å². The lowest BCUT2D eigenvalue weighted by Crippen LogP contribution is -2.32. The van der Waals surface area contributed by atoms with Crippen molar-refractivity contribution >= 4 is 11.6 Å². The van der Waals surface area contributed by atoms with Crippen molar-refractivity contribution in [1.29, 1.82) is 0 Å². The van der Waals surface area contributed by atoms with Crippen molar-refractivity contribution in [3.63, 3.8) is 0 Å². The molecule has 0 saturated heterocycles. The second-order valence-electron chi connectivity index (χ2n) is 5.12. The summed E-state index contributed by atoms with van der Waals surface area (Å²) in [5, 5.41) is 2.69. The van der Waals surface area contributed by atoms with Gasteiger partial charge in [0.25, 0.3) is 0 Å². The summed E-state index contributed by atoms with van der Waals surface area (Å²) >= 11 is 0. The molecule has 0 aliphatic heterocycles. The molecule has 1 aromatic carbocycles. The van der Waals surface area contributed by atoms with Crippen LogP contribution in [0.3, 0.4) is 0 Å². The molecule has 5 heteroatoms. The monoisotopic (exact) mass is 290 g/mol. The van der Waals surface area contributed by atoms with E-state index in [9.17, 15) is 9.18 Å². The number of amides is 1. The zero-order chi connectivity index (χ0) is 15.4. The highest BCUT2D eigenvalue weighted by atomic mass is 19.1. The molecule has 1 N–H and O–H groups in total. The van der Waals surface area contributed by atoms with Crippen molar-refractivity contribution in [3.8, 4) is 0 Å². The summed E-state index contributed by atoms with van der Waals surface area (Å²) < 4.78 is 18.8. The predicted molar refractivity (Wildman–Crippen MR) is 79.5 cm³/mol. The molecule has 112 valence electrons. The number of benzene rings is 1. The van der Waals surface area contributed by atoms with Gasteiger partial charge >= 0.3 is 0 Å². The van der Waals surface area contributed by atoms with E-state index in [1.54, 1.807) is 25.3 Å². The Morgan fingerprint density at radius 2 is 2.19 bits per heavy atom. The van der Waals surface area contributed by atoms with Gasteiger partial charge in [-0.1, -0.05) is 6.07 Å². The number of likely N-dealkylation sites (N-methyl/N-ethyl adjacent to an activating group) is 1. The van der Waals surface area contributed by atoms with Crippen LogP contribution in [0.25, 0.3) is 0 Å². The minimum atomic E-state index is -0.329. The second kappa shape index (κ2) is 6.54. The fourth-order valence-corrected chi connectivity index (χ4v) is 1.98. The van der Waals surface area contributed by atoms with Crippen LogP contribution >= 0.6 is 0 Å². The molecule has 1 unspecified atom stereocenters. The molecule has 1 atom stereocenters. The fraction of sp³-hybridized carbons (Fsp3) is 0.312. The maximum Gasteiger partial charge on any atom is 0.238 e. The highest BCUT2D eigenvalue weighted by Gasteiger charge is 2.17. The Labute approximate surface area is 123 Å². The van der Waals surface area contributed by atoms with E-state index in [0.29, 0.717) is 11.3 Å². The topological polar surface area (TPSA) is 45.5 Å². The van der Waals surface area contributed by atoms with Crippen LogP contribution < -0.4 is 5.32 Å². The van der Waals surface area contributed by atoms with Crippen molar-refractivity contribution < 1.29 is 13.6 Å². The summed E-state index contributed by atoms with van der Waals surface area (Å²) in [6.07, 6.45) is 1.61. The first-order valence-electron chi connectivity index (χ1n) is 6.77. The zero-order valence-corrected chi connectivity index (χ0v) is 12.4. The van der Waals surface area contributed by atoms with Gasteiger partial charge in [-0.3, -0.25) is 9.69 Å². The molecule has 1 amide bonds. The van der Waals surface area contributed by atoms with Gasteiger partial charge in [-0.15, -0.1) is 0 Å². The standard InChI is InChI=1S/C16H19FN2O2/c1-11-6-7-13(9-14(11)17)18-16(20)10-19(3)12(2)15-5-4-8-21-15/h4-9,12H,10H2,1-3H3,(H,18,20). The number of nitrogens with zero attached hydrogens (tertiary/aromatic N) is 1. The third kappa shape index (κ3) is 3.92. The SMILES string of the molecule is Cc1ccc(NC(=O)CN(C)C(C)c2ccco2)cc1F. The predicted octanol–water partition coefficient (Wildman–Crippen LogP) is 3.36. The normalized spacial score (nSPS) is 12.4. The Balaban J connectivity index is 1.93. The van der Waals surface area contributed by atoms with Crippen LogP contribution in [-0.4, -0.2) is 24.4 Å². The van der Waals surface area contributed by atoms with Gasteiger partial charge in [0, 0.05) is 5.69 Å². The van der Waals surface area contributed by atoms with Crippen LogP contribution in [0.2, 0.25) is 0 Å². The Morgan fingerprint density at radius 1 is 1.43 bits per heavy atom. The Kier molecular flexibility index (Phi) is 4.75. The van der Waals surface area contributed by atoms with Gasteiger partial charge in [0.05, 0.1) is 18.8 Å². The van der Waals surface area contributed by atoms with Gasteiger partial charge < -0.3 is 9.73 Å². The Morgan fingerprint density at radius 3 is 2.81 bits per heavy atom. The molecule has 0 radical (unpaired) electrons. The summed E-state index contributed by atoms with van der Waals surface area (Å²) in [6.45, 7) is 3.83. The second-order valence-corrected chi connectivity index (χ2v) is 5.12. The molecule has 2 rings (SSSR count). The zero-order valence-electron chi connectivity index (χ0n) is 12.4. The van der Waals surface area contributed by atoms with Gasteiger partial charge in [-0.05, 0) is 50.7 Å². The number of aryl methyl sites for hydroxylation is 1. The molecule has 1 aromatic heterocycles. The lowest BCUT2D eigenvalue weighted by Gasteiger charge is -2.22. The van der Waals surface area contributed by atoms with Crippen LogP contribution in [0, 0.1) is 12.7 Å². The van der Waals surface area contributed by atoms with Crippen LogP contribution in [0.1, 0.15) is 24.3 Å². The van der Waals surface area contributed by atoms with E-state index in [-0.39, 0.29) is 24.3 Å². The smallest absolute Gasteiger partial charge is 0.238 e. The molecular formula is C16H19FN2O2. The number of furan rings is 1. The maximum absolute atomic E-state index is 13.4. The molecule has 0 spiro atoms. The van der Waals surface area contributed by atoms with Crippen molar-refractivity contribution in [2.45, 2.75) is 19.9 Å². The third-order valence-electron chi connectivity index (χ3n) is 3.46. The van der Waals surface area contributed by atoms with Crippen LogP contribution in [0.4, 0.5) is 10.1 Å². The van der Waals surface area contributed by atoms with Crippen LogP contribution in [0.5, 0.6) is 0 Å². The summed E-state index contributed by atoms with van der Waals surface area (Å²) in [5.74, 6) is 0.274. The minimum Gasteiger partial charge on any atom is -0.468 e. The third-order valence-corrected chi connectivity index (χ3v) is 3.46. The number of hydrogen-bond acceptors (Lipinski definition) is 3. The van der Waals surface area contributed by atoms with Gasteiger partial charge in [0.2, 0.25) is 5.91 Å². The maximum atomic E-state index is 13.4. The highest BCUT2D eigenvalue weighted by Crippen LogP contribution is 2.19. The summed E-state index contributed by atoms with van der Waals surface area (Å²) in [6, 6.07) is 8.32. The molecule has 0 bridgehead atoms. The first-order chi connectivity index (χ1) is 9.97. The lowest BCUT2D eigenvalue weighted by atomic mass is 10.2. The molecule has 0 aliphatic rings. The van der Waals surface area contributed by atoms with Gasteiger partial charge in [-0.2, -0.15) is 0 Å². The van der Waals surface area contributed by atoms with E-state index in [0.717, 1.165) is 5.76 Å². The number of nitrogens with one attached hydrogen (secondary N) is 1. The van der Waals surface area contributed by atoms with E-state index in [1.165, 1.54) is 6.07 Å². The average Bonchev–Trinajstić information content (AvgIpc) is 2.96.